The Labute approximate surface area is 262 Å². The number of rotatable bonds is 10. The quantitative estimate of drug-likeness (QED) is 0.196. The molecule has 234 valence electrons. The van der Waals surface area contributed by atoms with Gasteiger partial charge in [0.2, 0.25) is 10.7 Å². The molecule has 1 amide bonds. The van der Waals surface area contributed by atoms with E-state index in [1.54, 1.807) is 28.8 Å². The first-order valence-corrected chi connectivity index (χ1v) is 14.3. The molecule has 44 heavy (non-hydrogen) atoms. The predicted octanol–water partition coefficient (Wildman–Crippen LogP) is 3.46. The molecule has 4 rings (SSSR count). The van der Waals surface area contributed by atoms with E-state index in [9.17, 15) is 19.2 Å². The third-order valence-corrected chi connectivity index (χ3v) is 7.02. The molecule has 1 aliphatic rings. The summed E-state index contributed by atoms with van der Waals surface area (Å²) in [6.45, 7) is 4.40. The van der Waals surface area contributed by atoms with Gasteiger partial charge in [-0.3, -0.25) is 23.7 Å². The molecule has 0 saturated carbocycles. The van der Waals surface area contributed by atoms with Crippen LogP contribution in [0.15, 0.2) is 54.6 Å². The van der Waals surface area contributed by atoms with Crippen LogP contribution in [0.1, 0.15) is 39.7 Å². The van der Waals surface area contributed by atoms with Crippen LogP contribution in [0.4, 0.5) is 0 Å². The van der Waals surface area contributed by atoms with Crippen LogP contribution in [-0.4, -0.2) is 69.1 Å². The van der Waals surface area contributed by atoms with Gasteiger partial charge in [-0.1, -0.05) is 29.8 Å². The van der Waals surface area contributed by atoms with Gasteiger partial charge < -0.3 is 29.0 Å². The van der Waals surface area contributed by atoms with Crippen molar-refractivity contribution in [1.29, 1.82) is 0 Å². The van der Waals surface area contributed by atoms with E-state index in [-0.39, 0.29) is 18.0 Å². The molecule has 1 fully saturated rings. The zero-order valence-electron chi connectivity index (χ0n) is 24.3. The van der Waals surface area contributed by atoms with Crippen LogP contribution in [0, 0.1) is 4.77 Å². The Morgan fingerprint density at radius 1 is 0.932 bits per heavy atom. The number of ether oxygens (including phenoxy) is 5. The summed E-state index contributed by atoms with van der Waals surface area (Å²) < 4.78 is 31.8. The first kappa shape index (κ1) is 32.6. The van der Waals surface area contributed by atoms with Gasteiger partial charge in [0.05, 0.1) is 0 Å². The van der Waals surface area contributed by atoms with Gasteiger partial charge >= 0.3 is 17.9 Å². The topological polar surface area (TPSA) is 149 Å². The van der Waals surface area contributed by atoms with Crippen LogP contribution in [0.2, 0.25) is 5.02 Å². The summed E-state index contributed by atoms with van der Waals surface area (Å²) in [5.74, 6) is -1.66. The van der Waals surface area contributed by atoms with Crippen LogP contribution in [0.5, 0.6) is 5.75 Å². The smallest absolute Gasteiger partial charge is 0.303 e. The fraction of sp³-hybridized carbons (Fsp3) is 0.379. The standard InChI is InChI=1S/C29H31ClN4O9S/c1-16(35)31-25-27(42-19(4)38)26(41-18(3)37)23(14-39-17(2)36)43-28(25)34-29(44)33(21-8-6-5-7-9-21)24(32-34)15-40-22-12-10-20(30)11-13-22/h5-13,23,25-28H,14-15H2,1-4H3,(H,31,35)/t23-,25-,26-,27-,28-/m1/s1. The number of nitrogens with zero attached hydrogens (tertiary/aromatic N) is 3. The van der Waals surface area contributed by atoms with Crippen molar-refractivity contribution < 1.29 is 42.9 Å². The van der Waals surface area contributed by atoms with Crippen LogP contribution in [-0.2, 0) is 44.7 Å². The predicted molar refractivity (Wildman–Crippen MR) is 157 cm³/mol. The van der Waals surface area contributed by atoms with E-state index in [0.717, 1.165) is 6.92 Å². The van der Waals surface area contributed by atoms with Crippen LogP contribution in [0.3, 0.4) is 0 Å². The van der Waals surface area contributed by atoms with E-state index in [0.29, 0.717) is 22.3 Å². The first-order chi connectivity index (χ1) is 20.9. The minimum absolute atomic E-state index is 0.0367. The van der Waals surface area contributed by atoms with Gasteiger partial charge in [0.15, 0.2) is 24.3 Å². The molecule has 1 saturated heterocycles. The van der Waals surface area contributed by atoms with Crippen molar-refractivity contribution in [2.24, 2.45) is 0 Å². The number of para-hydroxylation sites is 1. The number of hydrogen-bond donors (Lipinski definition) is 1. The lowest BCUT2D eigenvalue weighted by molar-refractivity contribution is -0.239. The summed E-state index contributed by atoms with van der Waals surface area (Å²) in [5, 5.41) is 8.00. The van der Waals surface area contributed by atoms with E-state index in [2.05, 4.69) is 5.32 Å². The maximum absolute atomic E-state index is 12.4. The molecule has 0 radical (unpaired) electrons. The maximum atomic E-state index is 12.4. The normalized spacial score (nSPS) is 21.2. The second kappa shape index (κ2) is 14.5. The van der Waals surface area contributed by atoms with Gasteiger partial charge in [-0.2, -0.15) is 5.10 Å². The van der Waals surface area contributed by atoms with Crippen molar-refractivity contribution in [1.82, 2.24) is 19.7 Å². The highest BCUT2D eigenvalue weighted by Gasteiger charge is 2.52. The Morgan fingerprint density at radius 3 is 2.16 bits per heavy atom. The largest absolute Gasteiger partial charge is 0.486 e. The zero-order chi connectivity index (χ0) is 32.0. The molecule has 15 heteroatoms. The summed E-state index contributed by atoms with van der Waals surface area (Å²) in [4.78, 5) is 48.5. The van der Waals surface area contributed by atoms with Gasteiger partial charge in [0.25, 0.3) is 0 Å². The summed E-state index contributed by atoms with van der Waals surface area (Å²) in [6, 6.07) is 14.8. The Balaban J connectivity index is 1.84. The Morgan fingerprint density at radius 2 is 1.57 bits per heavy atom. The monoisotopic (exact) mass is 646 g/mol. The lowest BCUT2D eigenvalue weighted by Crippen LogP contribution is -2.64. The van der Waals surface area contributed by atoms with Gasteiger partial charge in [-0.25, -0.2) is 4.68 Å². The second-order valence-electron chi connectivity index (χ2n) is 9.80. The molecule has 1 aromatic heterocycles. The lowest BCUT2D eigenvalue weighted by Gasteiger charge is -2.45. The number of carbonyl (C=O) groups excluding carboxylic acids is 4. The number of hydrogen-bond acceptors (Lipinski definition) is 11. The van der Waals surface area contributed by atoms with Crippen molar-refractivity contribution in [3.8, 4) is 11.4 Å². The van der Waals surface area contributed by atoms with Gasteiger partial charge in [-0.05, 0) is 48.6 Å². The summed E-state index contributed by atoms with van der Waals surface area (Å²) in [6.07, 6.45) is -4.90. The highest BCUT2D eigenvalue weighted by atomic mass is 35.5. The molecule has 2 aromatic carbocycles. The van der Waals surface area contributed by atoms with Gasteiger partial charge in [0.1, 0.15) is 31.1 Å². The molecule has 1 N–H and O–H groups in total. The van der Waals surface area contributed by atoms with Crippen molar-refractivity contribution in [3.63, 3.8) is 0 Å². The molecule has 0 aliphatic carbocycles. The SMILES string of the molecule is CC(=O)N[C@@H]1[C@@H](OC(C)=O)[C@H](OC(C)=O)[C@@H](COC(C)=O)O[C@H]1n1nc(COc2ccc(Cl)cc2)n(-c2ccccc2)c1=S. The number of halogens is 1. The number of nitrogens with one attached hydrogen (secondary N) is 1. The summed E-state index contributed by atoms with van der Waals surface area (Å²) in [7, 11) is 0. The average Bonchev–Trinajstić information content (AvgIpc) is 3.29. The highest BCUT2D eigenvalue weighted by Crippen LogP contribution is 2.33. The Kier molecular flexibility index (Phi) is 10.7. The molecular weight excluding hydrogens is 616 g/mol. The van der Waals surface area contributed by atoms with Crippen LogP contribution < -0.4 is 10.1 Å². The van der Waals surface area contributed by atoms with E-state index >= 15 is 0 Å². The van der Waals surface area contributed by atoms with Crippen molar-refractivity contribution in [3.05, 3.63) is 70.2 Å². The number of benzene rings is 2. The van der Waals surface area contributed by atoms with E-state index in [4.69, 9.17) is 52.6 Å². The summed E-state index contributed by atoms with van der Waals surface area (Å²) >= 11 is 11.9. The second-order valence-corrected chi connectivity index (χ2v) is 10.6. The molecular formula is C29H31ClN4O9S. The third kappa shape index (κ3) is 8.01. The zero-order valence-corrected chi connectivity index (χ0v) is 25.9. The fourth-order valence-electron chi connectivity index (χ4n) is 4.72. The highest BCUT2D eigenvalue weighted by molar-refractivity contribution is 7.71. The number of amides is 1. The fourth-order valence-corrected chi connectivity index (χ4v) is 5.20. The van der Waals surface area contributed by atoms with E-state index < -0.39 is 54.4 Å². The van der Waals surface area contributed by atoms with E-state index in [1.165, 1.54) is 25.5 Å². The first-order valence-electron chi connectivity index (χ1n) is 13.5. The molecule has 5 atom stereocenters. The third-order valence-electron chi connectivity index (χ3n) is 6.40. The van der Waals surface area contributed by atoms with Crippen molar-refractivity contribution in [2.45, 2.75) is 64.9 Å². The number of aromatic nitrogens is 3. The Hall–Kier alpha value is -4.27. The van der Waals surface area contributed by atoms with Gasteiger partial charge in [0, 0.05) is 38.4 Å². The molecule has 13 nitrogen and oxygen atoms in total. The maximum Gasteiger partial charge on any atom is 0.303 e. The van der Waals surface area contributed by atoms with Crippen molar-refractivity contribution in [2.75, 3.05) is 6.61 Å². The van der Waals surface area contributed by atoms with E-state index in [1.807, 2.05) is 30.3 Å². The molecule has 1 aliphatic heterocycles. The van der Waals surface area contributed by atoms with Crippen molar-refractivity contribution >= 4 is 47.6 Å². The van der Waals surface area contributed by atoms with Crippen LogP contribution in [0.25, 0.3) is 5.69 Å². The summed E-state index contributed by atoms with van der Waals surface area (Å²) in [5.41, 5.74) is 0.663. The minimum Gasteiger partial charge on any atom is -0.486 e. The molecule has 2 heterocycles. The number of carbonyl (C=O) groups is 4. The molecule has 0 unspecified atom stereocenters. The molecule has 0 bridgehead atoms. The lowest BCUT2D eigenvalue weighted by atomic mass is 9.95. The Bertz CT molecular complexity index is 1560. The number of esters is 3. The molecule has 0 spiro atoms. The minimum atomic E-state index is -1.28. The van der Waals surface area contributed by atoms with Crippen LogP contribution >= 0.6 is 23.8 Å². The average molecular weight is 647 g/mol. The van der Waals surface area contributed by atoms with Gasteiger partial charge in [-0.15, -0.1) is 0 Å². The molecule has 3 aromatic rings.